The number of hydrogen-bond acceptors (Lipinski definition) is 4. The third kappa shape index (κ3) is 2.33. The van der Waals surface area contributed by atoms with Gasteiger partial charge in [-0.3, -0.25) is 0 Å². The minimum absolute atomic E-state index is 0.135. The van der Waals surface area contributed by atoms with Gasteiger partial charge in [-0.25, -0.2) is 8.42 Å². The Kier molecular flexibility index (Phi) is 2.93. The first kappa shape index (κ1) is 11.7. The van der Waals surface area contributed by atoms with Crippen molar-refractivity contribution in [3.8, 4) is 0 Å². The first-order valence-corrected chi connectivity index (χ1v) is 6.52. The molecule has 1 unspecified atom stereocenters. The number of sulfonamides is 1. The van der Waals surface area contributed by atoms with Crippen LogP contribution in [0.2, 0.25) is 0 Å². The summed E-state index contributed by atoms with van der Waals surface area (Å²) in [6.45, 7) is 3.57. The Balaban J connectivity index is 2.29. The fourth-order valence-electron chi connectivity index (χ4n) is 1.27. The van der Waals surface area contributed by atoms with Crippen molar-refractivity contribution in [1.82, 2.24) is 0 Å². The summed E-state index contributed by atoms with van der Waals surface area (Å²) in [5.41, 5.74) is 0.685. The minimum Gasteiger partial charge on any atom is -0.218 e. The van der Waals surface area contributed by atoms with E-state index in [-0.39, 0.29) is 10.9 Å². The molecule has 0 spiro atoms. The molecule has 2 rings (SSSR count). The molecule has 0 saturated carbocycles. The van der Waals surface area contributed by atoms with Crippen molar-refractivity contribution in [2.45, 2.75) is 24.8 Å². The summed E-state index contributed by atoms with van der Waals surface area (Å²) in [7, 11) is -3.72. The molecule has 1 aliphatic heterocycles. The van der Waals surface area contributed by atoms with Crippen LogP contribution < -0.4 is 0 Å². The second-order valence-corrected chi connectivity index (χ2v) is 5.27. The van der Waals surface area contributed by atoms with Crippen molar-refractivity contribution < 1.29 is 13.2 Å². The molecule has 7 heteroatoms. The van der Waals surface area contributed by atoms with E-state index in [2.05, 4.69) is 15.2 Å². The molecule has 0 saturated heterocycles. The van der Waals surface area contributed by atoms with Crippen molar-refractivity contribution in [2.75, 3.05) is 0 Å². The lowest BCUT2D eigenvalue weighted by atomic mass is 10.2. The van der Waals surface area contributed by atoms with Crippen LogP contribution in [-0.2, 0) is 10.0 Å². The van der Waals surface area contributed by atoms with E-state index < -0.39 is 10.0 Å². The van der Waals surface area contributed by atoms with Crippen LogP contribution >= 0.6 is 0 Å². The zero-order chi connectivity index (χ0) is 12.5. The Labute approximate surface area is 99.7 Å². The predicted molar refractivity (Wildman–Crippen MR) is 62.2 cm³/mol. The van der Waals surface area contributed by atoms with Crippen LogP contribution in [0.25, 0.3) is 4.83 Å². The van der Waals surface area contributed by atoms with E-state index in [1.807, 2.05) is 6.92 Å². The maximum Gasteiger partial charge on any atom is 0.231 e. The quantitative estimate of drug-likeness (QED) is 0.770. The van der Waals surface area contributed by atoms with Crippen LogP contribution in [-0.4, -0.2) is 25.0 Å². The van der Waals surface area contributed by atoms with E-state index in [0.29, 0.717) is 5.71 Å². The monoisotopic (exact) mass is 252 g/mol. The summed E-state index contributed by atoms with van der Waals surface area (Å²) in [4.78, 5) is 4.82. The van der Waals surface area contributed by atoms with Gasteiger partial charge in [-0.1, -0.05) is 28.5 Å². The molecule has 0 bridgehead atoms. The van der Waals surface area contributed by atoms with Crippen LogP contribution in [0.3, 0.4) is 0 Å². The SMILES string of the molecule is CC1=[N+]([N-]S(=O)(=O)c2ccccc2)N=NC1C. The van der Waals surface area contributed by atoms with E-state index >= 15 is 0 Å². The third-order valence-electron chi connectivity index (χ3n) is 2.46. The van der Waals surface area contributed by atoms with Gasteiger partial charge in [0.1, 0.15) is 5.71 Å². The van der Waals surface area contributed by atoms with Gasteiger partial charge in [0.15, 0.2) is 6.04 Å². The Bertz CT molecular complexity index is 578. The molecule has 1 aromatic carbocycles. The molecule has 1 atom stereocenters. The number of rotatable bonds is 3. The molecule has 17 heavy (non-hydrogen) atoms. The number of hydrogen-bond donors (Lipinski definition) is 0. The van der Waals surface area contributed by atoms with Crippen molar-refractivity contribution in [2.24, 2.45) is 10.3 Å². The maximum absolute atomic E-state index is 11.9. The summed E-state index contributed by atoms with van der Waals surface area (Å²) in [6, 6.07) is 7.88. The lowest BCUT2D eigenvalue weighted by Gasteiger charge is -2.10. The fourth-order valence-corrected chi connectivity index (χ4v) is 2.23. The zero-order valence-electron chi connectivity index (χ0n) is 9.48. The van der Waals surface area contributed by atoms with Gasteiger partial charge in [0.25, 0.3) is 0 Å². The molecule has 1 aromatic rings. The predicted octanol–water partition coefficient (Wildman–Crippen LogP) is 1.91. The smallest absolute Gasteiger partial charge is 0.218 e. The molecule has 0 fully saturated rings. The van der Waals surface area contributed by atoms with E-state index in [0.717, 1.165) is 4.79 Å². The molecule has 0 amide bonds. The Morgan fingerprint density at radius 3 is 2.47 bits per heavy atom. The molecule has 1 aliphatic rings. The number of benzene rings is 1. The van der Waals surface area contributed by atoms with Crippen LogP contribution in [0.15, 0.2) is 45.6 Å². The van der Waals surface area contributed by atoms with Crippen LogP contribution in [0.1, 0.15) is 13.8 Å². The maximum atomic E-state index is 11.9. The average Bonchev–Trinajstić information content (AvgIpc) is 2.62. The van der Waals surface area contributed by atoms with Crippen molar-refractivity contribution in [3.05, 3.63) is 35.2 Å². The van der Waals surface area contributed by atoms with Gasteiger partial charge < -0.3 is 0 Å². The topological polar surface area (TPSA) is 76.0 Å². The standard InChI is InChI=1S/C10H12N4O2S/c1-8-9(2)14(12-11-8)13-17(15,16)10-6-4-3-5-7-10/h3-8H,1-2H3. The molecular formula is C10H12N4O2S. The lowest BCUT2D eigenvalue weighted by Crippen LogP contribution is -2.16. The average molecular weight is 252 g/mol. The molecule has 6 nitrogen and oxygen atoms in total. The highest BCUT2D eigenvalue weighted by Gasteiger charge is 2.21. The largest absolute Gasteiger partial charge is 0.231 e. The van der Waals surface area contributed by atoms with Gasteiger partial charge in [0, 0.05) is 0 Å². The van der Waals surface area contributed by atoms with E-state index in [4.69, 9.17) is 0 Å². The second-order valence-electron chi connectivity index (χ2n) is 3.68. The highest BCUT2D eigenvalue weighted by molar-refractivity contribution is 7.93. The summed E-state index contributed by atoms with van der Waals surface area (Å²) < 4.78 is 23.8. The van der Waals surface area contributed by atoms with Gasteiger partial charge in [0.2, 0.25) is 10.0 Å². The van der Waals surface area contributed by atoms with Gasteiger partial charge in [-0.2, -0.15) is 9.62 Å². The molecule has 1 heterocycles. The molecule has 90 valence electrons. The van der Waals surface area contributed by atoms with Gasteiger partial charge in [-0.15, -0.1) is 0 Å². The first-order chi connectivity index (χ1) is 8.00. The fraction of sp³-hybridized carbons (Fsp3) is 0.300. The van der Waals surface area contributed by atoms with E-state index in [9.17, 15) is 8.42 Å². The summed E-state index contributed by atoms with van der Waals surface area (Å²) >= 11 is 0. The Morgan fingerprint density at radius 2 is 1.94 bits per heavy atom. The highest BCUT2D eigenvalue weighted by Crippen LogP contribution is 2.19. The third-order valence-corrected chi connectivity index (χ3v) is 3.69. The van der Waals surface area contributed by atoms with Crippen LogP contribution in [0, 0.1) is 0 Å². The number of nitrogens with zero attached hydrogens (tertiary/aromatic N) is 4. The van der Waals surface area contributed by atoms with Crippen LogP contribution in [0.4, 0.5) is 0 Å². The van der Waals surface area contributed by atoms with Gasteiger partial charge in [-0.05, 0) is 26.0 Å². The Hall–Kier alpha value is -1.76. The molecular weight excluding hydrogens is 240 g/mol. The summed E-state index contributed by atoms with van der Waals surface area (Å²) in [5.74, 6) is 0. The van der Waals surface area contributed by atoms with Gasteiger partial charge in [0.05, 0.1) is 4.90 Å². The van der Waals surface area contributed by atoms with Crippen molar-refractivity contribution in [3.63, 3.8) is 0 Å². The Morgan fingerprint density at radius 1 is 1.29 bits per heavy atom. The minimum atomic E-state index is -3.72. The molecule has 0 radical (unpaired) electrons. The molecule has 0 aromatic heterocycles. The van der Waals surface area contributed by atoms with Crippen LogP contribution in [0.5, 0.6) is 0 Å². The lowest BCUT2D eigenvalue weighted by molar-refractivity contribution is -0.475. The second kappa shape index (κ2) is 4.25. The first-order valence-electron chi connectivity index (χ1n) is 5.08. The van der Waals surface area contributed by atoms with E-state index in [1.165, 1.54) is 12.1 Å². The summed E-state index contributed by atoms with van der Waals surface area (Å²) in [6.07, 6.45) is 0. The van der Waals surface area contributed by atoms with E-state index in [1.54, 1.807) is 25.1 Å². The zero-order valence-corrected chi connectivity index (χ0v) is 10.3. The highest BCUT2D eigenvalue weighted by atomic mass is 32.2. The molecule has 0 aliphatic carbocycles. The summed E-state index contributed by atoms with van der Waals surface area (Å²) in [5, 5.41) is 7.52. The van der Waals surface area contributed by atoms with Gasteiger partial charge >= 0.3 is 0 Å². The normalized spacial score (nSPS) is 19.8. The van der Waals surface area contributed by atoms with Crippen molar-refractivity contribution >= 4 is 15.7 Å². The van der Waals surface area contributed by atoms with Crippen molar-refractivity contribution in [1.29, 1.82) is 0 Å². The molecule has 0 N–H and O–H groups in total.